The number of piperidine rings is 1. The molecule has 0 saturated carbocycles. The summed E-state index contributed by atoms with van der Waals surface area (Å²) in [4.78, 5) is 19.7. The monoisotopic (exact) mass is 412 g/mol. The van der Waals surface area contributed by atoms with E-state index < -0.39 is 0 Å². The average Bonchev–Trinajstić information content (AvgIpc) is 3.34. The van der Waals surface area contributed by atoms with Crippen LogP contribution in [0.15, 0.2) is 28.9 Å². The smallest absolute Gasteiger partial charge is 0.263 e. The van der Waals surface area contributed by atoms with Gasteiger partial charge in [0.1, 0.15) is 15.6 Å². The van der Waals surface area contributed by atoms with Gasteiger partial charge in [0.25, 0.3) is 5.91 Å². The molecule has 1 amide bonds. The van der Waals surface area contributed by atoms with Crippen LogP contribution in [0.2, 0.25) is 0 Å². The molecule has 1 N–H and O–H groups in total. The molecule has 6 nitrogen and oxygen atoms in total. The minimum Gasteiger partial charge on any atom is -0.371 e. The van der Waals surface area contributed by atoms with Gasteiger partial charge in [-0.1, -0.05) is 25.9 Å². The molecule has 4 rings (SSSR count). The van der Waals surface area contributed by atoms with Gasteiger partial charge in [-0.3, -0.25) is 4.79 Å². The van der Waals surface area contributed by atoms with E-state index in [4.69, 9.17) is 4.52 Å². The molecule has 0 bridgehead atoms. The third-order valence-electron chi connectivity index (χ3n) is 5.54. The van der Waals surface area contributed by atoms with E-state index in [-0.39, 0.29) is 5.91 Å². The second-order valence-electron chi connectivity index (χ2n) is 8.35. The molecular formula is C22H28N4O2S. The summed E-state index contributed by atoms with van der Waals surface area (Å²) in [6, 6.07) is 6.25. The van der Waals surface area contributed by atoms with Gasteiger partial charge in [0, 0.05) is 31.4 Å². The number of carbonyl (C=O) groups is 1. The molecule has 154 valence electrons. The van der Waals surface area contributed by atoms with E-state index in [1.165, 1.54) is 29.9 Å². The highest BCUT2D eigenvalue weighted by molar-refractivity contribution is 7.17. The zero-order chi connectivity index (χ0) is 20.4. The first-order valence-corrected chi connectivity index (χ1v) is 11.2. The number of nitrogens with one attached hydrogen (secondary N) is 1. The maximum Gasteiger partial charge on any atom is 0.263 e. The van der Waals surface area contributed by atoms with Gasteiger partial charge in [0.05, 0.1) is 11.6 Å². The molecule has 1 aliphatic rings. The number of fused-ring (bicyclic) bond motifs is 1. The number of hydrogen-bond donors (Lipinski definition) is 1. The summed E-state index contributed by atoms with van der Waals surface area (Å²) in [5, 5.41) is 8.84. The number of benzene rings is 1. The first kappa shape index (κ1) is 19.9. The average molecular weight is 413 g/mol. The molecule has 1 saturated heterocycles. The summed E-state index contributed by atoms with van der Waals surface area (Å²) in [6.45, 7) is 9.43. The molecule has 1 fully saturated rings. The first-order chi connectivity index (χ1) is 14.0. The van der Waals surface area contributed by atoms with Crippen LogP contribution in [0.1, 0.15) is 49.7 Å². The van der Waals surface area contributed by atoms with Crippen LogP contribution in [0.25, 0.3) is 21.7 Å². The lowest BCUT2D eigenvalue weighted by Gasteiger charge is -2.32. The lowest BCUT2D eigenvalue weighted by Crippen LogP contribution is -2.32. The maximum absolute atomic E-state index is 12.3. The number of amides is 1. The highest BCUT2D eigenvalue weighted by Crippen LogP contribution is 2.34. The summed E-state index contributed by atoms with van der Waals surface area (Å²) >= 11 is 1.35. The number of anilines is 1. The normalized spacial score (nSPS) is 15.4. The molecule has 0 aliphatic carbocycles. The van der Waals surface area contributed by atoms with E-state index >= 15 is 0 Å². The predicted octanol–water partition coefficient (Wildman–Crippen LogP) is 4.96. The van der Waals surface area contributed by atoms with Gasteiger partial charge in [-0.2, -0.15) is 0 Å². The van der Waals surface area contributed by atoms with E-state index in [2.05, 4.69) is 59.3 Å². The summed E-state index contributed by atoms with van der Waals surface area (Å²) in [5.74, 6) is 1.28. The summed E-state index contributed by atoms with van der Waals surface area (Å²) < 4.78 is 5.61. The maximum atomic E-state index is 12.3. The molecule has 0 atom stereocenters. The molecule has 3 aromatic rings. The largest absolute Gasteiger partial charge is 0.371 e. The zero-order valence-electron chi connectivity index (χ0n) is 17.3. The Morgan fingerprint density at radius 3 is 2.90 bits per heavy atom. The van der Waals surface area contributed by atoms with Crippen molar-refractivity contribution in [2.24, 2.45) is 11.8 Å². The molecule has 2 aromatic heterocycles. The fourth-order valence-corrected chi connectivity index (χ4v) is 4.42. The van der Waals surface area contributed by atoms with Gasteiger partial charge in [-0.15, -0.1) is 11.3 Å². The van der Waals surface area contributed by atoms with Gasteiger partial charge in [0.15, 0.2) is 5.58 Å². The lowest BCUT2D eigenvalue weighted by molar-refractivity contribution is 0.0956. The van der Waals surface area contributed by atoms with Crippen LogP contribution in [0.5, 0.6) is 0 Å². The van der Waals surface area contributed by atoms with E-state index in [0.717, 1.165) is 36.4 Å². The Hall–Kier alpha value is -2.41. The standard InChI is InChI=1S/C22H28N4O2S/c1-14(2)6-9-23-21(27)19-13-24-22(29-19)20-17-5-4-16(12-18(17)28-25-20)26-10-7-15(3)8-11-26/h4-5,12-15H,6-11H2,1-3H3,(H,23,27). The van der Waals surface area contributed by atoms with Gasteiger partial charge in [-0.05, 0) is 43.2 Å². The van der Waals surface area contributed by atoms with Gasteiger partial charge in [-0.25, -0.2) is 4.98 Å². The second kappa shape index (κ2) is 8.53. The highest BCUT2D eigenvalue weighted by Gasteiger charge is 2.20. The van der Waals surface area contributed by atoms with Gasteiger partial charge in [0.2, 0.25) is 0 Å². The Morgan fingerprint density at radius 1 is 1.34 bits per heavy atom. The predicted molar refractivity (Wildman–Crippen MR) is 118 cm³/mol. The van der Waals surface area contributed by atoms with Crippen LogP contribution < -0.4 is 10.2 Å². The number of hydrogen-bond acceptors (Lipinski definition) is 6. The van der Waals surface area contributed by atoms with Crippen LogP contribution in [0.4, 0.5) is 5.69 Å². The minimum atomic E-state index is -0.0798. The van der Waals surface area contributed by atoms with Crippen molar-refractivity contribution in [2.75, 3.05) is 24.5 Å². The number of thiazole rings is 1. The molecule has 29 heavy (non-hydrogen) atoms. The van der Waals surface area contributed by atoms with E-state index in [1.54, 1.807) is 6.20 Å². The van der Waals surface area contributed by atoms with Crippen molar-refractivity contribution in [3.8, 4) is 10.7 Å². The lowest BCUT2D eigenvalue weighted by atomic mass is 9.99. The Labute approximate surface area is 175 Å². The van der Waals surface area contributed by atoms with Crippen LogP contribution >= 0.6 is 11.3 Å². The van der Waals surface area contributed by atoms with Crippen molar-refractivity contribution in [1.82, 2.24) is 15.5 Å². The Bertz CT molecular complexity index is 986. The minimum absolute atomic E-state index is 0.0798. The fraction of sp³-hybridized carbons (Fsp3) is 0.500. The van der Waals surface area contributed by atoms with Crippen LogP contribution in [0, 0.1) is 11.8 Å². The number of carbonyl (C=O) groups excluding carboxylic acids is 1. The van der Waals surface area contributed by atoms with E-state index in [0.29, 0.717) is 28.0 Å². The summed E-state index contributed by atoms with van der Waals surface area (Å²) in [6.07, 6.45) is 5.03. The Morgan fingerprint density at radius 2 is 2.14 bits per heavy atom. The Kier molecular flexibility index (Phi) is 5.85. The van der Waals surface area contributed by atoms with Gasteiger partial charge >= 0.3 is 0 Å². The van der Waals surface area contributed by atoms with Crippen molar-refractivity contribution in [3.63, 3.8) is 0 Å². The van der Waals surface area contributed by atoms with Crippen molar-refractivity contribution in [3.05, 3.63) is 29.3 Å². The molecule has 7 heteroatoms. The molecular weight excluding hydrogens is 384 g/mol. The highest BCUT2D eigenvalue weighted by atomic mass is 32.1. The van der Waals surface area contributed by atoms with Crippen LogP contribution in [-0.2, 0) is 0 Å². The molecule has 0 radical (unpaired) electrons. The molecule has 1 aromatic carbocycles. The zero-order valence-corrected chi connectivity index (χ0v) is 18.1. The SMILES string of the molecule is CC(C)CCNC(=O)c1cnc(-c2noc3cc(N4CCC(C)CC4)ccc23)s1. The summed E-state index contributed by atoms with van der Waals surface area (Å²) in [5.41, 5.74) is 2.63. The quantitative estimate of drug-likeness (QED) is 0.619. The molecule has 0 unspecified atom stereocenters. The van der Waals surface area contributed by atoms with Gasteiger partial charge < -0.3 is 14.7 Å². The van der Waals surface area contributed by atoms with Crippen molar-refractivity contribution >= 4 is 33.9 Å². The topological polar surface area (TPSA) is 71.3 Å². The summed E-state index contributed by atoms with van der Waals surface area (Å²) in [7, 11) is 0. The van der Waals surface area contributed by atoms with E-state index in [1.807, 2.05) is 0 Å². The second-order valence-corrected chi connectivity index (χ2v) is 9.38. The van der Waals surface area contributed by atoms with Crippen molar-refractivity contribution in [1.29, 1.82) is 0 Å². The van der Waals surface area contributed by atoms with E-state index in [9.17, 15) is 4.79 Å². The third-order valence-corrected chi connectivity index (χ3v) is 6.55. The molecule has 0 spiro atoms. The number of rotatable bonds is 6. The molecule has 1 aliphatic heterocycles. The van der Waals surface area contributed by atoms with Crippen LogP contribution in [-0.4, -0.2) is 35.7 Å². The third kappa shape index (κ3) is 4.45. The number of nitrogens with zero attached hydrogens (tertiary/aromatic N) is 3. The van der Waals surface area contributed by atoms with Crippen molar-refractivity contribution in [2.45, 2.75) is 40.0 Å². The number of aromatic nitrogens is 2. The Balaban J connectivity index is 1.50. The first-order valence-electron chi connectivity index (χ1n) is 10.4. The van der Waals surface area contributed by atoms with Crippen LogP contribution in [0.3, 0.4) is 0 Å². The fourth-order valence-electron chi connectivity index (χ4n) is 3.59. The molecule has 3 heterocycles. The van der Waals surface area contributed by atoms with Crippen molar-refractivity contribution < 1.29 is 9.32 Å².